The molecule has 3 aliphatic heterocycles. The number of carboxylic acids is 1. The van der Waals surface area contributed by atoms with Gasteiger partial charge in [-0.05, 0) is 29.8 Å². The standard InChI is InChI=1S/C36H35N7O11S/c1-17(44)41(33(50)26-24(46)12-13-38-26)22-10-8-20(9-11-22)29-39-14-23(30(47)40-29)31(48)42(32(49)25(37)19-6-4-3-5-7-19)28-34(51)43-27(36(52)53)21(15-54-18(2)45)16-55-35(28)43/h3-11,14,25-26,28,33,35,38,50H,12-13,15-16,37H2,1-2H3,(H,52,53)(H,39,40,47)/t25?,26-,28?,33?,35-/m0/s1. The van der Waals surface area contributed by atoms with Crippen molar-refractivity contribution in [3.63, 3.8) is 0 Å². The molecule has 4 amide bonds. The van der Waals surface area contributed by atoms with Crippen molar-refractivity contribution in [1.29, 1.82) is 0 Å². The number of β-lactam (4-membered cyclic amide) rings is 1. The molecule has 0 spiro atoms. The number of rotatable bonds is 11. The zero-order chi connectivity index (χ0) is 39.7. The van der Waals surface area contributed by atoms with Gasteiger partial charge >= 0.3 is 11.9 Å². The van der Waals surface area contributed by atoms with E-state index in [1.165, 1.54) is 43.3 Å². The van der Waals surface area contributed by atoms with Crippen LogP contribution in [0.15, 0.2) is 76.9 Å². The molecule has 1 aromatic heterocycles. The number of Topliss-reactive ketones (excluding diaryl/α,β-unsaturated/α-hetero) is 1. The topological polar surface area (TPSA) is 263 Å². The Bertz CT molecular complexity index is 2180. The number of thioether (sulfide) groups is 1. The number of nitrogens with two attached hydrogens (primary N) is 1. The Morgan fingerprint density at radius 3 is 2.33 bits per heavy atom. The Morgan fingerprint density at radius 1 is 1.05 bits per heavy atom. The number of nitrogens with one attached hydrogen (secondary N) is 2. The molecule has 6 rings (SSSR count). The van der Waals surface area contributed by atoms with Crippen molar-refractivity contribution >= 4 is 58.8 Å². The molecule has 18 nitrogen and oxygen atoms in total. The van der Waals surface area contributed by atoms with Gasteiger partial charge in [0.2, 0.25) is 5.91 Å². The van der Waals surface area contributed by atoms with Crippen molar-refractivity contribution < 1.29 is 48.5 Å². The number of aromatic amines is 1. The van der Waals surface area contributed by atoms with Crippen LogP contribution in [0, 0.1) is 0 Å². The molecule has 2 saturated heterocycles. The highest BCUT2D eigenvalue weighted by Gasteiger charge is 2.59. The first-order valence-corrected chi connectivity index (χ1v) is 17.9. The largest absolute Gasteiger partial charge is 0.477 e. The molecule has 4 heterocycles. The molecule has 0 radical (unpaired) electrons. The van der Waals surface area contributed by atoms with Crippen LogP contribution in [0.5, 0.6) is 0 Å². The van der Waals surface area contributed by atoms with Gasteiger partial charge < -0.3 is 31.0 Å². The van der Waals surface area contributed by atoms with Crippen molar-refractivity contribution in [3.05, 3.63) is 93.5 Å². The number of aliphatic hydroxyl groups is 1. The quantitative estimate of drug-likeness (QED) is 0.0968. The highest BCUT2D eigenvalue weighted by Crippen LogP contribution is 2.43. The van der Waals surface area contributed by atoms with E-state index in [9.17, 15) is 48.6 Å². The van der Waals surface area contributed by atoms with Crippen LogP contribution >= 0.6 is 11.8 Å². The van der Waals surface area contributed by atoms with Crippen LogP contribution in [0.4, 0.5) is 5.69 Å². The van der Waals surface area contributed by atoms with E-state index in [2.05, 4.69) is 15.3 Å². The van der Waals surface area contributed by atoms with E-state index < -0.39 is 88.7 Å². The number of aliphatic hydroxyl groups excluding tert-OH is 1. The number of nitrogens with zero attached hydrogens (tertiary/aromatic N) is 4. The number of hydrogen-bond donors (Lipinski definition) is 5. The summed E-state index contributed by atoms with van der Waals surface area (Å²) in [4.78, 5) is 113. The second kappa shape index (κ2) is 15.8. The van der Waals surface area contributed by atoms with E-state index in [0.29, 0.717) is 22.6 Å². The second-order valence-corrected chi connectivity index (χ2v) is 13.9. The van der Waals surface area contributed by atoms with Crippen molar-refractivity contribution in [2.24, 2.45) is 5.73 Å². The minimum Gasteiger partial charge on any atom is -0.477 e. The Balaban J connectivity index is 1.30. The van der Waals surface area contributed by atoms with Gasteiger partial charge in [-0.15, -0.1) is 11.8 Å². The SMILES string of the molecule is CC(=O)OCC1=C(C(=O)O)N2C(=O)C(N(C(=O)c3cnc(-c4ccc(N(C(C)=O)C(O)[C@H]5NCCC5=O)cc4)[nH]c3=O)C(=O)C(N)c3ccccc3)[C@@H]2SC1. The van der Waals surface area contributed by atoms with E-state index in [1.807, 2.05) is 0 Å². The molecule has 3 unspecified atom stereocenters. The predicted molar refractivity (Wildman–Crippen MR) is 194 cm³/mol. The number of aliphatic carboxylic acids is 1. The van der Waals surface area contributed by atoms with Gasteiger partial charge in [0.25, 0.3) is 23.3 Å². The molecule has 3 aromatic rings. The van der Waals surface area contributed by atoms with Gasteiger partial charge in [0.15, 0.2) is 12.0 Å². The highest BCUT2D eigenvalue weighted by molar-refractivity contribution is 8.00. The predicted octanol–water partition coefficient (Wildman–Crippen LogP) is -0.106. The monoisotopic (exact) mass is 773 g/mol. The minimum absolute atomic E-state index is 0.0141. The second-order valence-electron chi connectivity index (χ2n) is 12.8. The number of anilines is 1. The summed E-state index contributed by atoms with van der Waals surface area (Å²) in [6.45, 7) is 2.35. The fraction of sp³-hybridized carbons (Fsp3) is 0.306. The molecule has 0 bridgehead atoms. The van der Waals surface area contributed by atoms with Gasteiger partial charge in [-0.1, -0.05) is 30.3 Å². The molecule has 5 atom stereocenters. The maximum atomic E-state index is 14.2. The van der Waals surface area contributed by atoms with Crippen LogP contribution in [-0.2, 0) is 33.5 Å². The molecule has 0 saturated carbocycles. The average Bonchev–Trinajstić information content (AvgIpc) is 3.60. The number of imide groups is 1. The molecule has 6 N–H and O–H groups in total. The van der Waals surface area contributed by atoms with Crippen molar-refractivity contribution in [2.75, 3.05) is 23.8 Å². The Hall–Kier alpha value is -6.02. The molecule has 2 fully saturated rings. The summed E-state index contributed by atoms with van der Waals surface area (Å²) in [7, 11) is 0. The summed E-state index contributed by atoms with van der Waals surface area (Å²) in [6, 6.07) is 9.92. The Labute approximate surface area is 316 Å². The number of carbonyl (C=O) groups excluding carboxylic acids is 6. The third kappa shape index (κ3) is 7.41. The number of amides is 4. The van der Waals surface area contributed by atoms with Crippen LogP contribution in [0.3, 0.4) is 0 Å². The zero-order valence-electron chi connectivity index (χ0n) is 29.3. The number of esters is 1. The average molecular weight is 774 g/mol. The van der Waals surface area contributed by atoms with E-state index in [4.69, 9.17) is 10.5 Å². The summed E-state index contributed by atoms with van der Waals surface area (Å²) < 4.78 is 4.98. The Kier molecular flexibility index (Phi) is 11.1. The number of hydrogen-bond acceptors (Lipinski definition) is 14. The summed E-state index contributed by atoms with van der Waals surface area (Å²) >= 11 is 1.03. The van der Waals surface area contributed by atoms with Crippen LogP contribution < -0.4 is 21.5 Å². The van der Waals surface area contributed by atoms with Crippen LogP contribution in [-0.4, -0.2) is 114 Å². The minimum atomic E-state index is -1.56. The van der Waals surface area contributed by atoms with Crippen LogP contribution in [0.1, 0.15) is 42.2 Å². The first-order chi connectivity index (χ1) is 26.2. The van der Waals surface area contributed by atoms with Gasteiger partial charge in [-0.3, -0.25) is 48.3 Å². The molecule has 0 aliphatic carbocycles. The molecular formula is C36H35N7O11S. The lowest BCUT2D eigenvalue weighted by Crippen LogP contribution is -2.73. The van der Waals surface area contributed by atoms with Crippen molar-refractivity contribution in [2.45, 2.75) is 50.0 Å². The van der Waals surface area contributed by atoms with Gasteiger partial charge in [0.05, 0.1) is 0 Å². The van der Waals surface area contributed by atoms with Crippen molar-refractivity contribution in [1.82, 2.24) is 25.1 Å². The highest BCUT2D eigenvalue weighted by atomic mass is 32.2. The summed E-state index contributed by atoms with van der Waals surface area (Å²) in [5, 5.41) is 22.7. The van der Waals surface area contributed by atoms with Crippen LogP contribution in [0.2, 0.25) is 0 Å². The van der Waals surface area contributed by atoms with Crippen molar-refractivity contribution in [3.8, 4) is 11.4 Å². The van der Waals surface area contributed by atoms with Gasteiger partial charge in [-0.2, -0.15) is 0 Å². The van der Waals surface area contributed by atoms with E-state index >= 15 is 0 Å². The first-order valence-electron chi connectivity index (χ1n) is 16.9. The molecule has 2 aromatic carbocycles. The number of ketones is 1. The molecular weight excluding hydrogens is 739 g/mol. The first kappa shape index (κ1) is 38.7. The lowest BCUT2D eigenvalue weighted by atomic mass is 9.98. The normalized spacial score (nSPS) is 20.2. The summed E-state index contributed by atoms with van der Waals surface area (Å²) in [5.41, 5.74) is 5.28. The number of ether oxygens (including phenoxy) is 1. The number of fused-ring (bicyclic) bond motifs is 1. The summed E-state index contributed by atoms with van der Waals surface area (Å²) in [6.07, 6.45) is -0.331. The number of H-pyrrole nitrogens is 1. The smallest absolute Gasteiger partial charge is 0.352 e. The van der Waals surface area contributed by atoms with Crippen LogP contribution in [0.25, 0.3) is 11.4 Å². The fourth-order valence-electron chi connectivity index (χ4n) is 6.55. The lowest BCUT2D eigenvalue weighted by molar-refractivity contribution is -0.157. The number of benzene rings is 2. The maximum Gasteiger partial charge on any atom is 0.352 e. The Morgan fingerprint density at radius 2 is 1.75 bits per heavy atom. The van der Waals surface area contributed by atoms with E-state index in [0.717, 1.165) is 34.7 Å². The molecule has 3 aliphatic rings. The van der Waals surface area contributed by atoms with E-state index in [-0.39, 0.29) is 35.0 Å². The zero-order valence-corrected chi connectivity index (χ0v) is 30.1. The third-order valence-corrected chi connectivity index (χ3v) is 10.6. The number of carboxylic acid groups (broad SMARTS) is 1. The molecule has 19 heteroatoms. The lowest BCUT2D eigenvalue weighted by Gasteiger charge is -2.52. The number of carbonyl (C=O) groups is 7. The third-order valence-electron chi connectivity index (χ3n) is 9.26. The van der Waals surface area contributed by atoms with Gasteiger partial charge in [0, 0.05) is 55.6 Å². The summed E-state index contributed by atoms with van der Waals surface area (Å²) in [5.74, 6) is -6.13. The fourth-order valence-corrected chi connectivity index (χ4v) is 7.92. The van der Waals surface area contributed by atoms with E-state index in [1.54, 1.807) is 18.2 Å². The number of aromatic nitrogens is 2. The molecule has 286 valence electrons. The molecule has 55 heavy (non-hydrogen) atoms. The van der Waals surface area contributed by atoms with Gasteiger partial charge in [0.1, 0.15) is 47.2 Å². The van der Waals surface area contributed by atoms with Gasteiger partial charge in [-0.25, -0.2) is 9.78 Å². The maximum absolute atomic E-state index is 14.2.